The third-order valence-corrected chi connectivity index (χ3v) is 3.12. The average molecular weight is 280 g/mol. The minimum absolute atomic E-state index is 0.643. The monoisotopic (exact) mass is 280 g/mol. The Morgan fingerprint density at radius 3 is 2.52 bits per heavy atom. The van der Waals surface area contributed by atoms with E-state index in [2.05, 4.69) is 4.98 Å². The Hall–Kier alpha value is -2.75. The van der Waals surface area contributed by atoms with Gasteiger partial charge in [0.1, 0.15) is 17.2 Å². The average Bonchev–Trinajstić information content (AvgIpc) is 2.51. The standard InChI is InChI=1S/C17H16N2O2/c1-2-20-12-6-8-13(9-7-12)21-16-10-11-19-17-14(16)4-3-5-15(17)18/h3-11H,2,18H2,1H3. The molecule has 0 fully saturated rings. The van der Waals surface area contributed by atoms with Crippen LogP contribution in [0, 0.1) is 0 Å². The van der Waals surface area contributed by atoms with Crippen molar-refractivity contribution in [2.45, 2.75) is 6.92 Å². The van der Waals surface area contributed by atoms with Crippen molar-refractivity contribution in [3.8, 4) is 17.2 Å². The number of benzene rings is 2. The quantitative estimate of drug-likeness (QED) is 0.734. The Balaban J connectivity index is 1.93. The van der Waals surface area contributed by atoms with Crippen molar-refractivity contribution in [3.63, 3.8) is 0 Å². The molecule has 3 rings (SSSR count). The smallest absolute Gasteiger partial charge is 0.138 e. The fourth-order valence-corrected chi connectivity index (χ4v) is 2.16. The van der Waals surface area contributed by atoms with Gasteiger partial charge in [0, 0.05) is 11.6 Å². The summed E-state index contributed by atoms with van der Waals surface area (Å²) in [6.45, 7) is 2.60. The molecule has 21 heavy (non-hydrogen) atoms. The first-order valence-electron chi connectivity index (χ1n) is 6.82. The Morgan fingerprint density at radius 2 is 1.76 bits per heavy atom. The summed E-state index contributed by atoms with van der Waals surface area (Å²) < 4.78 is 11.3. The number of pyridine rings is 1. The molecule has 3 aromatic rings. The van der Waals surface area contributed by atoms with Crippen LogP contribution in [0.2, 0.25) is 0 Å². The molecule has 0 unspecified atom stereocenters. The Bertz CT molecular complexity index is 754. The first kappa shape index (κ1) is 13.2. The molecule has 0 bridgehead atoms. The van der Waals surface area contributed by atoms with E-state index in [-0.39, 0.29) is 0 Å². The SMILES string of the molecule is CCOc1ccc(Oc2ccnc3c(N)cccc23)cc1. The van der Waals surface area contributed by atoms with Gasteiger partial charge in [-0.3, -0.25) is 4.98 Å². The number of ether oxygens (including phenoxy) is 2. The number of anilines is 1. The summed E-state index contributed by atoms with van der Waals surface area (Å²) in [6.07, 6.45) is 1.70. The lowest BCUT2D eigenvalue weighted by Gasteiger charge is -2.10. The second-order valence-electron chi connectivity index (χ2n) is 4.56. The lowest BCUT2D eigenvalue weighted by atomic mass is 10.2. The second kappa shape index (κ2) is 5.71. The van der Waals surface area contributed by atoms with Gasteiger partial charge in [-0.25, -0.2) is 0 Å². The van der Waals surface area contributed by atoms with Gasteiger partial charge in [-0.1, -0.05) is 6.07 Å². The van der Waals surface area contributed by atoms with Crippen LogP contribution < -0.4 is 15.2 Å². The molecule has 0 aliphatic rings. The van der Waals surface area contributed by atoms with Crippen molar-refractivity contribution in [2.75, 3.05) is 12.3 Å². The van der Waals surface area contributed by atoms with E-state index in [4.69, 9.17) is 15.2 Å². The summed E-state index contributed by atoms with van der Waals surface area (Å²) >= 11 is 0. The third-order valence-electron chi connectivity index (χ3n) is 3.12. The molecule has 1 heterocycles. The largest absolute Gasteiger partial charge is 0.494 e. The summed E-state index contributed by atoms with van der Waals surface area (Å²) in [5.41, 5.74) is 7.33. The van der Waals surface area contributed by atoms with Gasteiger partial charge in [0.15, 0.2) is 0 Å². The van der Waals surface area contributed by atoms with Gasteiger partial charge in [-0.2, -0.15) is 0 Å². The highest BCUT2D eigenvalue weighted by atomic mass is 16.5. The topological polar surface area (TPSA) is 57.4 Å². The van der Waals surface area contributed by atoms with Gasteiger partial charge in [0.25, 0.3) is 0 Å². The molecule has 0 spiro atoms. The maximum Gasteiger partial charge on any atom is 0.138 e. The first-order valence-corrected chi connectivity index (χ1v) is 6.82. The van der Waals surface area contributed by atoms with Gasteiger partial charge in [0.05, 0.1) is 17.8 Å². The summed E-state index contributed by atoms with van der Waals surface area (Å²) in [4.78, 5) is 4.30. The van der Waals surface area contributed by atoms with Crippen molar-refractivity contribution in [1.29, 1.82) is 0 Å². The van der Waals surface area contributed by atoms with Crippen molar-refractivity contribution in [1.82, 2.24) is 4.98 Å². The molecule has 106 valence electrons. The van der Waals surface area contributed by atoms with Gasteiger partial charge in [-0.05, 0) is 49.4 Å². The molecule has 2 aromatic carbocycles. The van der Waals surface area contributed by atoms with Crippen molar-refractivity contribution in [2.24, 2.45) is 0 Å². The number of aromatic nitrogens is 1. The van der Waals surface area contributed by atoms with E-state index in [0.29, 0.717) is 12.3 Å². The Morgan fingerprint density at radius 1 is 1.00 bits per heavy atom. The highest BCUT2D eigenvalue weighted by Gasteiger charge is 2.06. The third kappa shape index (κ3) is 2.74. The zero-order chi connectivity index (χ0) is 14.7. The zero-order valence-electron chi connectivity index (χ0n) is 11.7. The van der Waals surface area contributed by atoms with Gasteiger partial charge in [-0.15, -0.1) is 0 Å². The number of nitrogens with two attached hydrogens (primary N) is 1. The van der Waals surface area contributed by atoms with Crippen LogP contribution >= 0.6 is 0 Å². The van der Waals surface area contributed by atoms with Crippen LogP contribution in [0.15, 0.2) is 54.7 Å². The number of rotatable bonds is 4. The molecule has 0 aliphatic carbocycles. The number of hydrogen-bond acceptors (Lipinski definition) is 4. The number of fused-ring (bicyclic) bond motifs is 1. The van der Waals surface area contributed by atoms with E-state index in [0.717, 1.165) is 28.2 Å². The fraction of sp³-hybridized carbons (Fsp3) is 0.118. The predicted octanol–water partition coefficient (Wildman–Crippen LogP) is 4.01. The van der Waals surface area contributed by atoms with Crippen LogP contribution in [0.4, 0.5) is 5.69 Å². The highest BCUT2D eigenvalue weighted by Crippen LogP contribution is 2.31. The van der Waals surface area contributed by atoms with Crippen LogP contribution in [0.3, 0.4) is 0 Å². The summed E-state index contributed by atoms with van der Waals surface area (Å²) in [5.74, 6) is 2.30. The molecular weight excluding hydrogens is 264 g/mol. The van der Waals surface area contributed by atoms with E-state index in [1.54, 1.807) is 6.20 Å². The minimum Gasteiger partial charge on any atom is -0.494 e. The molecule has 1 aromatic heterocycles. The first-order chi connectivity index (χ1) is 10.3. The minimum atomic E-state index is 0.643. The maximum absolute atomic E-state index is 5.94. The van der Waals surface area contributed by atoms with Crippen LogP contribution in [-0.2, 0) is 0 Å². The van der Waals surface area contributed by atoms with Crippen molar-refractivity contribution >= 4 is 16.6 Å². The zero-order valence-corrected chi connectivity index (χ0v) is 11.7. The van der Waals surface area contributed by atoms with E-state index in [1.807, 2.05) is 55.5 Å². The lowest BCUT2D eigenvalue weighted by molar-refractivity contribution is 0.339. The Labute approximate surface area is 123 Å². The summed E-state index contributed by atoms with van der Waals surface area (Å²) in [6, 6.07) is 15.0. The molecule has 0 amide bonds. The molecule has 2 N–H and O–H groups in total. The van der Waals surface area contributed by atoms with Crippen LogP contribution in [0.25, 0.3) is 10.9 Å². The van der Waals surface area contributed by atoms with Gasteiger partial charge < -0.3 is 15.2 Å². The predicted molar refractivity (Wildman–Crippen MR) is 83.8 cm³/mol. The normalized spacial score (nSPS) is 10.5. The van der Waals surface area contributed by atoms with Crippen molar-refractivity contribution in [3.05, 3.63) is 54.7 Å². The number of nitrogens with zero attached hydrogens (tertiary/aromatic N) is 1. The highest BCUT2D eigenvalue weighted by molar-refractivity contribution is 5.93. The molecule has 0 atom stereocenters. The van der Waals surface area contributed by atoms with E-state index in [1.165, 1.54) is 0 Å². The number of nitrogen functional groups attached to an aromatic ring is 1. The molecule has 0 saturated carbocycles. The van der Waals surface area contributed by atoms with Crippen LogP contribution in [0.1, 0.15) is 6.92 Å². The van der Waals surface area contributed by atoms with E-state index < -0.39 is 0 Å². The molecule has 4 heteroatoms. The maximum atomic E-state index is 5.94. The second-order valence-corrected chi connectivity index (χ2v) is 4.56. The fourth-order valence-electron chi connectivity index (χ4n) is 2.16. The Kier molecular flexibility index (Phi) is 3.60. The molecule has 4 nitrogen and oxygen atoms in total. The number of para-hydroxylation sites is 1. The van der Waals surface area contributed by atoms with Gasteiger partial charge >= 0.3 is 0 Å². The van der Waals surface area contributed by atoms with Crippen LogP contribution in [0.5, 0.6) is 17.2 Å². The summed E-state index contributed by atoms with van der Waals surface area (Å²) in [7, 11) is 0. The lowest BCUT2D eigenvalue weighted by Crippen LogP contribution is -1.93. The van der Waals surface area contributed by atoms with E-state index >= 15 is 0 Å². The van der Waals surface area contributed by atoms with E-state index in [9.17, 15) is 0 Å². The number of hydrogen-bond donors (Lipinski definition) is 1. The molecule has 0 aliphatic heterocycles. The molecule has 0 saturated heterocycles. The molecule has 0 radical (unpaired) electrons. The van der Waals surface area contributed by atoms with Crippen molar-refractivity contribution < 1.29 is 9.47 Å². The van der Waals surface area contributed by atoms with Gasteiger partial charge in [0.2, 0.25) is 0 Å². The van der Waals surface area contributed by atoms with Crippen LogP contribution in [-0.4, -0.2) is 11.6 Å². The molecular formula is C17H16N2O2. The summed E-state index contributed by atoms with van der Waals surface area (Å²) in [5, 5.41) is 0.895.